The molecule has 2 nitrogen and oxygen atoms in total. The number of amides is 1. The van der Waals surface area contributed by atoms with Gasteiger partial charge in [-0.05, 0) is 25.7 Å². The van der Waals surface area contributed by atoms with E-state index in [1.54, 1.807) is 0 Å². The van der Waals surface area contributed by atoms with E-state index >= 15 is 0 Å². The maximum Gasteiger partial charge on any atom is 0.232 e. The van der Waals surface area contributed by atoms with Crippen LogP contribution in [0.1, 0.15) is 26.2 Å². The predicted molar refractivity (Wildman–Crippen MR) is 53.4 cm³/mol. The van der Waals surface area contributed by atoms with E-state index in [0.717, 1.165) is 19.0 Å². The first-order chi connectivity index (χ1) is 5.77. The zero-order valence-corrected chi connectivity index (χ0v) is 8.52. The second-order valence-electron chi connectivity index (χ2n) is 3.39. The molecule has 0 unspecified atom stereocenters. The molecule has 1 aliphatic carbocycles. The van der Waals surface area contributed by atoms with Gasteiger partial charge in [0.05, 0.1) is 5.75 Å². The second-order valence-corrected chi connectivity index (χ2v) is 3.70. The maximum absolute atomic E-state index is 11.3. The molecule has 0 aromatic carbocycles. The van der Waals surface area contributed by atoms with Gasteiger partial charge in [-0.2, -0.15) is 12.6 Å². The molecule has 0 atom stereocenters. The quantitative estimate of drug-likeness (QED) is 0.662. The second kappa shape index (κ2) is 4.75. The SMILES string of the molecule is CCN(CC1CCC1)C(=O)CS. The molecule has 1 fully saturated rings. The Morgan fingerprint density at radius 1 is 1.58 bits per heavy atom. The van der Waals surface area contributed by atoms with E-state index in [0.29, 0.717) is 5.75 Å². The molecule has 0 spiro atoms. The van der Waals surface area contributed by atoms with Crippen molar-refractivity contribution in [2.45, 2.75) is 26.2 Å². The van der Waals surface area contributed by atoms with Crippen LogP contribution in [0.25, 0.3) is 0 Å². The minimum Gasteiger partial charge on any atom is -0.342 e. The van der Waals surface area contributed by atoms with E-state index in [4.69, 9.17) is 0 Å². The van der Waals surface area contributed by atoms with Crippen LogP contribution in [0.15, 0.2) is 0 Å². The summed E-state index contributed by atoms with van der Waals surface area (Å²) in [7, 11) is 0. The summed E-state index contributed by atoms with van der Waals surface area (Å²) in [5.74, 6) is 1.29. The third kappa shape index (κ3) is 2.41. The van der Waals surface area contributed by atoms with Crippen molar-refractivity contribution in [3.05, 3.63) is 0 Å². The van der Waals surface area contributed by atoms with Crippen molar-refractivity contribution in [2.24, 2.45) is 5.92 Å². The fourth-order valence-corrected chi connectivity index (χ4v) is 1.69. The van der Waals surface area contributed by atoms with Crippen molar-refractivity contribution in [3.63, 3.8) is 0 Å². The summed E-state index contributed by atoms with van der Waals surface area (Å²) in [5, 5.41) is 0. The molecule has 0 N–H and O–H groups in total. The Balaban J connectivity index is 2.28. The van der Waals surface area contributed by atoms with Crippen LogP contribution in [0, 0.1) is 5.92 Å². The lowest BCUT2D eigenvalue weighted by atomic mass is 9.85. The number of thiol groups is 1. The molecule has 0 aromatic heterocycles. The summed E-state index contributed by atoms with van der Waals surface area (Å²) in [6.07, 6.45) is 3.95. The van der Waals surface area contributed by atoms with E-state index in [1.807, 2.05) is 11.8 Å². The first-order valence-electron chi connectivity index (χ1n) is 4.66. The van der Waals surface area contributed by atoms with Gasteiger partial charge < -0.3 is 4.90 Å². The van der Waals surface area contributed by atoms with Gasteiger partial charge in [-0.3, -0.25) is 4.79 Å². The van der Waals surface area contributed by atoms with Crippen LogP contribution in [-0.2, 0) is 4.79 Å². The van der Waals surface area contributed by atoms with E-state index in [1.165, 1.54) is 19.3 Å². The highest BCUT2D eigenvalue weighted by Gasteiger charge is 2.21. The van der Waals surface area contributed by atoms with Crippen molar-refractivity contribution < 1.29 is 4.79 Å². The molecule has 0 radical (unpaired) electrons. The molecule has 70 valence electrons. The lowest BCUT2D eigenvalue weighted by Crippen LogP contribution is -2.37. The molecule has 0 saturated heterocycles. The van der Waals surface area contributed by atoms with Crippen molar-refractivity contribution in [2.75, 3.05) is 18.8 Å². The molecule has 0 heterocycles. The van der Waals surface area contributed by atoms with Gasteiger partial charge in [0.15, 0.2) is 0 Å². The highest BCUT2D eigenvalue weighted by atomic mass is 32.1. The van der Waals surface area contributed by atoms with Crippen molar-refractivity contribution in [1.82, 2.24) is 4.90 Å². The van der Waals surface area contributed by atoms with Crippen LogP contribution in [0.4, 0.5) is 0 Å². The average Bonchev–Trinajstić information content (AvgIpc) is 2.02. The summed E-state index contributed by atoms with van der Waals surface area (Å²) >= 11 is 3.99. The highest BCUT2D eigenvalue weighted by molar-refractivity contribution is 7.81. The number of hydrogen-bond donors (Lipinski definition) is 1. The van der Waals surface area contributed by atoms with Crippen LogP contribution in [0.3, 0.4) is 0 Å². The van der Waals surface area contributed by atoms with E-state index < -0.39 is 0 Å². The van der Waals surface area contributed by atoms with Gasteiger partial charge in [0, 0.05) is 13.1 Å². The molecular weight excluding hydrogens is 170 g/mol. The van der Waals surface area contributed by atoms with Crippen LogP contribution < -0.4 is 0 Å². The maximum atomic E-state index is 11.3. The Kier molecular flexibility index (Phi) is 3.92. The summed E-state index contributed by atoms with van der Waals surface area (Å²) in [6, 6.07) is 0. The highest BCUT2D eigenvalue weighted by Crippen LogP contribution is 2.26. The van der Waals surface area contributed by atoms with Crippen LogP contribution in [-0.4, -0.2) is 29.6 Å². The van der Waals surface area contributed by atoms with Gasteiger partial charge in [0.2, 0.25) is 5.91 Å². The zero-order chi connectivity index (χ0) is 8.97. The van der Waals surface area contributed by atoms with E-state index in [9.17, 15) is 4.79 Å². The number of rotatable bonds is 4. The minimum absolute atomic E-state index is 0.174. The van der Waals surface area contributed by atoms with Crippen LogP contribution in [0.5, 0.6) is 0 Å². The number of carbonyl (C=O) groups excluding carboxylic acids is 1. The Morgan fingerprint density at radius 3 is 2.58 bits per heavy atom. The molecule has 1 aliphatic rings. The van der Waals surface area contributed by atoms with Gasteiger partial charge >= 0.3 is 0 Å². The van der Waals surface area contributed by atoms with Gasteiger partial charge in [0.25, 0.3) is 0 Å². The minimum atomic E-state index is 0.174. The third-order valence-electron chi connectivity index (χ3n) is 2.57. The lowest BCUT2D eigenvalue weighted by Gasteiger charge is -2.31. The summed E-state index contributed by atoms with van der Waals surface area (Å²) in [6.45, 7) is 3.81. The zero-order valence-electron chi connectivity index (χ0n) is 7.62. The fourth-order valence-electron chi connectivity index (χ4n) is 1.49. The molecule has 0 bridgehead atoms. The van der Waals surface area contributed by atoms with Crippen LogP contribution >= 0.6 is 12.6 Å². The number of nitrogens with zero attached hydrogens (tertiary/aromatic N) is 1. The Hall–Kier alpha value is -0.180. The average molecular weight is 187 g/mol. The predicted octanol–water partition coefficient (Wildman–Crippen LogP) is 1.56. The molecule has 1 rings (SSSR count). The molecule has 1 saturated carbocycles. The Morgan fingerprint density at radius 2 is 2.25 bits per heavy atom. The molecule has 1 amide bonds. The molecule has 3 heteroatoms. The van der Waals surface area contributed by atoms with Gasteiger partial charge in [0.1, 0.15) is 0 Å². The molecule has 0 aliphatic heterocycles. The standard InChI is InChI=1S/C9H17NOS/c1-2-10(9(11)7-12)6-8-4-3-5-8/h8,12H,2-7H2,1H3. The fraction of sp³-hybridized carbons (Fsp3) is 0.889. The van der Waals surface area contributed by atoms with Gasteiger partial charge in [-0.25, -0.2) is 0 Å². The molecule has 0 aromatic rings. The van der Waals surface area contributed by atoms with E-state index in [-0.39, 0.29) is 5.91 Å². The monoisotopic (exact) mass is 187 g/mol. The first kappa shape index (κ1) is 9.90. The Labute approximate surface area is 79.7 Å². The summed E-state index contributed by atoms with van der Waals surface area (Å²) < 4.78 is 0. The van der Waals surface area contributed by atoms with Crippen molar-refractivity contribution in [3.8, 4) is 0 Å². The topological polar surface area (TPSA) is 20.3 Å². The first-order valence-corrected chi connectivity index (χ1v) is 5.29. The van der Waals surface area contributed by atoms with Gasteiger partial charge in [-0.1, -0.05) is 6.42 Å². The smallest absolute Gasteiger partial charge is 0.232 e. The normalized spacial score (nSPS) is 17.2. The summed E-state index contributed by atoms with van der Waals surface area (Å²) in [4.78, 5) is 13.2. The van der Waals surface area contributed by atoms with Crippen molar-refractivity contribution >= 4 is 18.5 Å². The number of carbonyl (C=O) groups is 1. The van der Waals surface area contributed by atoms with Crippen molar-refractivity contribution in [1.29, 1.82) is 0 Å². The largest absolute Gasteiger partial charge is 0.342 e. The molecule has 12 heavy (non-hydrogen) atoms. The molecular formula is C9H17NOS. The van der Waals surface area contributed by atoms with Crippen LogP contribution in [0.2, 0.25) is 0 Å². The van der Waals surface area contributed by atoms with E-state index in [2.05, 4.69) is 12.6 Å². The third-order valence-corrected chi connectivity index (χ3v) is 2.84. The Bertz CT molecular complexity index is 157. The lowest BCUT2D eigenvalue weighted by molar-refractivity contribution is -0.129. The summed E-state index contributed by atoms with van der Waals surface area (Å²) in [5.41, 5.74) is 0. The van der Waals surface area contributed by atoms with Gasteiger partial charge in [-0.15, -0.1) is 0 Å². The number of hydrogen-bond acceptors (Lipinski definition) is 2.